The van der Waals surface area contributed by atoms with Crippen LogP contribution in [0.1, 0.15) is 5.56 Å². The summed E-state index contributed by atoms with van der Waals surface area (Å²) in [5.74, 6) is 1.75. The fourth-order valence-electron chi connectivity index (χ4n) is 3.13. The van der Waals surface area contributed by atoms with Crippen molar-refractivity contribution in [3.05, 3.63) is 46.5 Å². The average Bonchev–Trinajstić information content (AvgIpc) is 2.64. The monoisotopic (exact) mass is 373 g/mol. The molecule has 0 fully saturated rings. The van der Waals surface area contributed by atoms with Gasteiger partial charge in [0.05, 0.1) is 6.54 Å². The Kier molecular flexibility index (Phi) is 4.16. The minimum Gasteiger partial charge on any atom is -0.493 e. The molecule has 4 rings (SSSR count). The van der Waals surface area contributed by atoms with Gasteiger partial charge in [-0.2, -0.15) is 0 Å². The maximum Gasteiger partial charge on any atom is 0.211 e. The first-order valence-corrected chi connectivity index (χ1v) is 8.70. The van der Waals surface area contributed by atoms with Gasteiger partial charge in [0.15, 0.2) is 11.6 Å². The number of halogens is 1. The first-order valence-electron chi connectivity index (χ1n) is 8.32. The number of nitrogens with zero attached hydrogens (tertiary/aromatic N) is 3. The van der Waals surface area contributed by atoms with Crippen molar-refractivity contribution >= 4 is 34.1 Å². The lowest BCUT2D eigenvalue weighted by molar-refractivity contribution is 0.308. The second-order valence-corrected chi connectivity index (χ2v) is 6.81. The molecular weight excluding hydrogens is 354 g/mol. The number of aliphatic hydroxyl groups excluding tert-OH is 1. The highest BCUT2D eigenvalue weighted by Gasteiger charge is 2.17. The van der Waals surface area contributed by atoms with Crippen LogP contribution in [0.15, 0.2) is 30.5 Å². The van der Waals surface area contributed by atoms with Gasteiger partial charge in [-0.3, -0.25) is 10.9 Å². The van der Waals surface area contributed by atoms with E-state index >= 15 is 0 Å². The standard InChI is InChI=1S/C18H20ClN5O2/c1-23-5-6-26-15-7-11(9-20-17(15)23)10-24(2)12-3-4-13-14(8-12)16(19)21-22-18(13)25/h3-4,7-9,21-22,25H,5-6,10H2,1-2H3. The Morgan fingerprint density at radius 3 is 3.00 bits per heavy atom. The zero-order valence-electron chi connectivity index (χ0n) is 14.6. The van der Waals surface area contributed by atoms with Crippen LogP contribution in [0.5, 0.6) is 5.75 Å². The van der Waals surface area contributed by atoms with Gasteiger partial charge in [-0.15, -0.1) is 0 Å². The Bertz CT molecular complexity index is 978. The van der Waals surface area contributed by atoms with Crippen molar-refractivity contribution in [2.75, 3.05) is 37.0 Å². The van der Waals surface area contributed by atoms with Crippen molar-refractivity contribution < 1.29 is 9.84 Å². The number of hydrogen-bond acceptors (Lipinski definition) is 7. The number of nitrogens with one attached hydrogen (secondary N) is 2. The van der Waals surface area contributed by atoms with Gasteiger partial charge < -0.3 is 19.6 Å². The van der Waals surface area contributed by atoms with Crippen molar-refractivity contribution in [3.63, 3.8) is 0 Å². The summed E-state index contributed by atoms with van der Waals surface area (Å²) in [6, 6.07) is 7.77. The van der Waals surface area contributed by atoms with Crippen LogP contribution >= 0.6 is 11.6 Å². The van der Waals surface area contributed by atoms with Crippen molar-refractivity contribution in [1.82, 2.24) is 15.8 Å². The van der Waals surface area contributed by atoms with Crippen LogP contribution in [0.3, 0.4) is 0 Å². The summed E-state index contributed by atoms with van der Waals surface area (Å²) >= 11 is 6.21. The molecular formula is C18H20ClN5O2. The van der Waals surface area contributed by atoms with Gasteiger partial charge in [0.2, 0.25) is 5.88 Å². The molecule has 3 N–H and O–H groups in total. The third-order valence-corrected chi connectivity index (χ3v) is 4.88. The van der Waals surface area contributed by atoms with Crippen molar-refractivity contribution in [1.29, 1.82) is 0 Å². The largest absolute Gasteiger partial charge is 0.493 e. The summed E-state index contributed by atoms with van der Waals surface area (Å²) in [6.07, 6.45) is 1.88. The van der Waals surface area contributed by atoms with Gasteiger partial charge in [0.25, 0.3) is 0 Å². The molecule has 0 aliphatic carbocycles. The highest BCUT2D eigenvalue weighted by Crippen LogP contribution is 2.29. The second-order valence-electron chi connectivity index (χ2n) is 6.43. The fourth-order valence-corrected chi connectivity index (χ4v) is 3.33. The molecule has 2 aliphatic heterocycles. The molecule has 1 aromatic heterocycles. The molecule has 0 saturated carbocycles. The molecule has 0 saturated heterocycles. The minimum atomic E-state index is 0.0544. The Balaban J connectivity index is 1.62. The normalized spacial score (nSPS) is 15.4. The third kappa shape index (κ3) is 2.94. The van der Waals surface area contributed by atoms with E-state index in [1.54, 1.807) is 0 Å². The molecule has 0 radical (unpaired) electrons. The maximum absolute atomic E-state index is 9.91. The molecule has 0 unspecified atom stereocenters. The molecule has 0 bridgehead atoms. The highest BCUT2D eigenvalue weighted by molar-refractivity contribution is 6.44. The summed E-state index contributed by atoms with van der Waals surface area (Å²) in [6.45, 7) is 2.19. The predicted octanol–water partition coefficient (Wildman–Crippen LogP) is 0.583. The van der Waals surface area contributed by atoms with Crippen LogP contribution in [-0.4, -0.2) is 37.3 Å². The van der Waals surface area contributed by atoms with E-state index in [-0.39, 0.29) is 5.88 Å². The summed E-state index contributed by atoms with van der Waals surface area (Å²) in [4.78, 5) is 8.73. The average molecular weight is 374 g/mol. The molecule has 1 aromatic carbocycles. The van der Waals surface area contributed by atoms with E-state index in [2.05, 4.69) is 25.6 Å². The van der Waals surface area contributed by atoms with Crippen LogP contribution in [0.4, 0.5) is 11.5 Å². The Morgan fingerprint density at radius 1 is 1.31 bits per heavy atom. The molecule has 0 spiro atoms. The van der Waals surface area contributed by atoms with Gasteiger partial charge >= 0.3 is 0 Å². The maximum atomic E-state index is 9.91. The summed E-state index contributed by atoms with van der Waals surface area (Å²) in [5, 5.41) is 11.8. The molecule has 136 valence electrons. The molecule has 0 atom stereocenters. The number of likely N-dealkylation sites (N-methyl/N-ethyl adjacent to an activating group) is 1. The number of anilines is 2. The van der Waals surface area contributed by atoms with E-state index < -0.39 is 0 Å². The number of rotatable bonds is 3. The van der Waals surface area contributed by atoms with Crippen molar-refractivity contribution in [3.8, 4) is 5.75 Å². The Hall–Kier alpha value is -2.80. The second kappa shape index (κ2) is 6.49. The van der Waals surface area contributed by atoms with Crippen LogP contribution < -0.4 is 35.8 Å². The minimum absolute atomic E-state index is 0.0544. The van der Waals surface area contributed by atoms with E-state index in [9.17, 15) is 5.11 Å². The topological polar surface area (TPSA) is 72.9 Å². The van der Waals surface area contributed by atoms with Gasteiger partial charge in [-0.1, -0.05) is 11.6 Å². The van der Waals surface area contributed by atoms with Crippen molar-refractivity contribution in [2.24, 2.45) is 0 Å². The molecule has 8 heteroatoms. The quantitative estimate of drug-likeness (QED) is 0.680. The van der Waals surface area contributed by atoms with E-state index in [4.69, 9.17) is 16.3 Å². The van der Waals surface area contributed by atoms with Gasteiger partial charge in [-0.05, 0) is 29.8 Å². The van der Waals surface area contributed by atoms with Crippen LogP contribution in [0.2, 0.25) is 0 Å². The van der Waals surface area contributed by atoms with Crippen molar-refractivity contribution in [2.45, 2.75) is 6.54 Å². The lowest BCUT2D eigenvalue weighted by Crippen LogP contribution is -2.45. The Morgan fingerprint density at radius 2 is 2.15 bits per heavy atom. The van der Waals surface area contributed by atoms with Gasteiger partial charge in [-0.25, -0.2) is 4.98 Å². The third-order valence-electron chi connectivity index (χ3n) is 4.58. The van der Waals surface area contributed by atoms with Crippen LogP contribution in [0.25, 0.3) is 11.0 Å². The first kappa shape index (κ1) is 16.7. The van der Waals surface area contributed by atoms with Crippen LogP contribution in [-0.2, 0) is 6.54 Å². The molecule has 2 aliphatic rings. The van der Waals surface area contributed by atoms with E-state index in [1.165, 1.54) is 0 Å². The van der Waals surface area contributed by atoms with E-state index in [1.807, 2.05) is 44.6 Å². The molecule has 3 heterocycles. The number of pyridine rings is 1. The molecule has 0 amide bonds. The number of aliphatic hydroxyl groups is 1. The smallest absolute Gasteiger partial charge is 0.211 e. The van der Waals surface area contributed by atoms with Gasteiger partial charge in [0, 0.05) is 43.0 Å². The molecule has 26 heavy (non-hydrogen) atoms. The fraction of sp³-hybridized carbons (Fsp3) is 0.278. The summed E-state index contributed by atoms with van der Waals surface area (Å²) in [7, 11) is 4.02. The lowest BCUT2D eigenvalue weighted by atomic mass is 10.2. The SMILES string of the molecule is CN(Cc1cnc2c(c1)OCCN2C)c1ccc2c(c1)=C(Cl)NNC=2O. The summed E-state index contributed by atoms with van der Waals surface area (Å²) < 4.78 is 5.73. The number of fused-ring (bicyclic) bond motifs is 2. The predicted molar refractivity (Wildman–Crippen MR) is 102 cm³/mol. The Labute approximate surface area is 156 Å². The number of aromatic nitrogens is 1. The van der Waals surface area contributed by atoms with Crippen LogP contribution in [0, 0.1) is 0 Å². The number of ether oxygens (including phenoxy) is 1. The molecule has 7 nitrogen and oxygen atoms in total. The zero-order chi connectivity index (χ0) is 18.3. The first-order chi connectivity index (χ1) is 12.5. The summed E-state index contributed by atoms with van der Waals surface area (Å²) in [5.41, 5.74) is 7.40. The molecule has 2 aromatic rings. The highest BCUT2D eigenvalue weighted by atomic mass is 35.5. The zero-order valence-corrected chi connectivity index (χ0v) is 15.3. The van der Waals surface area contributed by atoms with E-state index in [0.717, 1.165) is 34.6 Å². The van der Waals surface area contributed by atoms with Gasteiger partial charge in [0.1, 0.15) is 11.8 Å². The van der Waals surface area contributed by atoms with E-state index in [0.29, 0.717) is 23.5 Å². The number of benzene rings is 1. The number of hydrazine groups is 1. The number of hydrogen-bond donors (Lipinski definition) is 3. The lowest BCUT2D eigenvalue weighted by Gasteiger charge is -2.27.